The highest BCUT2D eigenvalue weighted by Crippen LogP contribution is 2.25. The molecule has 0 aliphatic carbocycles. The topological polar surface area (TPSA) is 56.3 Å². The zero-order valence-corrected chi connectivity index (χ0v) is 14.8. The first kappa shape index (κ1) is 16.9. The van der Waals surface area contributed by atoms with E-state index in [4.69, 9.17) is 0 Å². The van der Waals surface area contributed by atoms with E-state index in [1.807, 2.05) is 53.6 Å². The molecule has 4 rings (SSSR count). The van der Waals surface area contributed by atoms with Gasteiger partial charge in [-0.1, -0.05) is 36.4 Å². The number of aromatic amines is 1. The average molecular weight is 348 g/mol. The molecule has 2 heterocycles. The Balaban J connectivity index is 1.36. The molecule has 1 saturated heterocycles. The Morgan fingerprint density at radius 2 is 1.88 bits per heavy atom. The lowest BCUT2D eigenvalue weighted by atomic mass is 9.87. The minimum absolute atomic E-state index is 0.0810. The highest BCUT2D eigenvalue weighted by atomic mass is 16.3. The molecule has 0 saturated carbocycles. The Labute approximate surface area is 153 Å². The van der Waals surface area contributed by atoms with Gasteiger partial charge in [-0.05, 0) is 54.3 Å². The third kappa shape index (κ3) is 3.51. The van der Waals surface area contributed by atoms with Gasteiger partial charge in [0.25, 0.3) is 5.91 Å². The number of amides is 1. The first-order valence-corrected chi connectivity index (χ1v) is 9.29. The molecule has 1 fully saturated rings. The van der Waals surface area contributed by atoms with Crippen molar-refractivity contribution in [3.8, 4) is 0 Å². The maximum absolute atomic E-state index is 12.8. The summed E-state index contributed by atoms with van der Waals surface area (Å²) < 4.78 is 0. The summed E-state index contributed by atoms with van der Waals surface area (Å²) in [5.74, 6) is 0.336. The molecule has 2 N–H and O–H groups in total. The van der Waals surface area contributed by atoms with Crippen molar-refractivity contribution in [2.24, 2.45) is 5.92 Å². The van der Waals surface area contributed by atoms with Crippen molar-refractivity contribution < 1.29 is 9.90 Å². The number of nitrogens with zero attached hydrogens (tertiary/aromatic N) is 1. The third-order valence-electron chi connectivity index (χ3n) is 5.46. The van der Waals surface area contributed by atoms with Gasteiger partial charge in [0.15, 0.2) is 0 Å². The monoisotopic (exact) mass is 348 g/mol. The number of hydrogen-bond donors (Lipinski definition) is 2. The van der Waals surface area contributed by atoms with E-state index in [2.05, 4.69) is 17.1 Å². The second-order valence-electron chi connectivity index (χ2n) is 7.17. The molecule has 4 nitrogen and oxygen atoms in total. The Kier molecular flexibility index (Phi) is 4.76. The van der Waals surface area contributed by atoms with Gasteiger partial charge in [0.05, 0.1) is 6.10 Å². The van der Waals surface area contributed by atoms with Gasteiger partial charge >= 0.3 is 0 Å². The standard InChI is InChI=1S/C22H24N2O2/c25-21(14-16-4-2-1-3-5-16)18-9-12-24(13-10-18)22(26)19-7-6-17-8-11-23-20(17)15-19/h1-8,11,15,18,21,23,25H,9-10,12-14H2/t21-/m0/s1. The minimum atomic E-state index is -0.343. The molecule has 0 radical (unpaired) electrons. The molecule has 3 aromatic rings. The maximum Gasteiger partial charge on any atom is 0.253 e. The number of aliphatic hydroxyl groups is 1. The van der Waals surface area contributed by atoms with Crippen molar-refractivity contribution in [3.63, 3.8) is 0 Å². The van der Waals surface area contributed by atoms with Crippen LogP contribution in [-0.4, -0.2) is 40.1 Å². The maximum atomic E-state index is 12.8. The Morgan fingerprint density at radius 1 is 1.12 bits per heavy atom. The molecule has 1 aliphatic rings. The molecule has 0 spiro atoms. The van der Waals surface area contributed by atoms with Crippen LogP contribution in [0.15, 0.2) is 60.8 Å². The number of aliphatic hydroxyl groups excluding tert-OH is 1. The Bertz CT molecular complexity index is 879. The lowest BCUT2D eigenvalue weighted by Gasteiger charge is -2.34. The van der Waals surface area contributed by atoms with Gasteiger partial charge in [0.2, 0.25) is 0 Å². The number of fused-ring (bicyclic) bond motifs is 1. The molecule has 1 atom stereocenters. The van der Waals surface area contributed by atoms with Crippen molar-refractivity contribution in [2.45, 2.75) is 25.4 Å². The van der Waals surface area contributed by atoms with E-state index in [0.717, 1.165) is 34.9 Å². The van der Waals surface area contributed by atoms with Gasteiger partial charge in [-0.25, -0.2) is 0 Å². The van der Waals surface area contributed by atoms with Crippen molar-refractivity contribution in [1.82, 2.24) is 9.88 Å². The SMILES string of the molecule is O=C(c1ccc2cc[nH]c2c1)N1CCC([C@@H](O)Cc2ccccc2)CC1. The molecule has 2 aromatic carbocycles. The van der Waals surface area contributed by atoms with E-state index >= 15 is 0 Å². The van der Waals surface area contributed by atoms with Gasteiger partial charge in [-0.2, -0.15) is 0 Å². The van der Waals surface area contributed by atoms with Crippen molar-refractivity contribution in [3.05, 3.63) is 71.9 Å². The fraction of sp³-hybridized carbons (Fsp3) is 0.318. The lowest BCUT2D eigenvalue weighted by molar-refractivity contribution is 0.0467. The van der Waals surface area contributed by atoms with Crippen LogP contribution in [0.4, 0.5) is 0 Å². The summed E-state index contributed by atoms with van der Waals surface area (Å²) in [7, 11) is 0. The van der Waals surface area contributed by atoms with Crippen LogP contribution in [0.25, 0.3) is 10.9 Å². The van der Waals surface area contributed by atoms with Gasteiger partial charge < -0.3 is 15.0 Å². The van der Waals surface area contributed by atoms with E-state index in [1.54, 1.807) is 0 Å². The second-order valence-corrected chi connectivity index (χ2v) is 7.17. The molecule has 26 heavy (non-hydrogen) atoms. The predicted octanol–water partition coefficient (Wildman–Crippen LogP) is 3.62. The molecule has 1 aromatic heterocycles. The number of nitrogens with one attached hydrogen (secondary N) is 1. The number of likely N-dealkylation sites (tertiary alicyclic amines) is 1. The average Bonchev–Trinajstić information content (AvgIpc) is 3.16. The summed E-state index contributed by atoms with van der Waals surface area (Å²) in [6.45, 7) is 1.41. The molecular weight excluding hydrogens is 324 g/mol. The fourth-order valence-corrected chi connectivity index (χ4v) is 3.87. The number of benzene rings is 2. The number of hydrogen-bond acceptors (Lipinski definition) is 2. The summed E-state index contributed by atoms with van der Waals surface area (Å²) in [5, 5.41) is 11.7. The summed E-state index contributed by atoms with van der Waals surface area (Å²) in [4.78, 5) is 17.9. The van der Waals surface area contributed by atoms with Gasteiger partial charge in [-0.3, -0.25) is 4.79 Å². The number of piperidine rings is 1. The summed E-state index contributed by atoms with van der Waals surface area (Å²) >= 11 is 0. The molecule has 1 aliphatic heterocycles. The normalized spacial score (nSPS) is 16.7. The predicted molar refractivity (Wildman–Crippen MR) is 103 cm³/mol. The van der Waals surface area contributed by atoms with Crippen LogP contribution in [0.1, 0.15) is 28.8 Å². The van der Waals surface area contributed by atoms with E-state index < -0.39 is 0 Å². The smallest absolute Gasteiger partial charge is 0.253 e. The number of carbonyl (C=O) groups excluding carboxylic acids is 1. The van der Waals surface area contributed by atoms with Crippen LogP contribution in [0.5, 0.6) is 0 Å². The second kappa shape index (κ2) is 7.34. The molecule has 0 bridgehead atoms. The largest absolute Gasteiger partial charge is 0.392 e. The van der Waals surface area contributed by atoms with Crippen LogP contribution in [0, 0.1) is 5.92 Å². The highest BCUT2D eigenvalue weighted by molar-refractivity contribution is 5.98. The summed E-state index contributed by atoms with van der Waals surface area (Å²) in [6.07, 6.45) is 3.93. The van der Waals surface area contributed by atoms with Crippen LogP contribution in [-0.2, 0) is 6.42 Å². The molecule has 134 valence electrons. The summed E-state index contributed by atoms with van der Waals surface area (Å²) in [6, 6.07) is 17.9. The molecule has 4 heteroatoms. The highest BCUT2D eigenvalue weighted by Gasteiger charge is 2.28. The first-order chi connectivity index (χ1) is 12.7. The number of carbonyl (C=O) groups is 1. The van der Waals surface area contributed by atoms with Crippen LogP contribution < -0.4 is 0 Å². The number of aromatic nitrogens is 1. The Morgan fingerprint density at radius 3 is 2.65 bits per heavy atom. The van der Waals surface area contributed by atoms with Gasteiger partial charge in [-0.15, -0.1) is 0 Å². The van der Waals surface area contributed by atoms with E-state index in [0.29, 0.717) is 19.5 Å². The van der Waals surface area contributed by atoms with E-state index in [9.17, 15) is 9.90 Å². The minimum Gasteiger partial charge on any atom is -0.392 e. The number of H-pyrrole nitrogens is 1. The Hall–Kier alpha value is -2.59. The van der Waals surface area contributed by atoms with Crippen molar-refractivity contribution in [2.75, 3.05) is 13.1 Å². The first-order valence-electron chi connectivity index (χ1n) is 9.29. The molecule has 1 amide bonds. The van der Waals surface area contributed by atoms with Gasteiger partial charge in [0.1, 0.15) is 0 Å². The molecule has 0 unspecified atom stereocenters. The van der Waals surface area contributed by atoms with Crippen molar-refractivity contribution >= 4 is 16.8 Å². The third-order valence-corrected chi connectivity index (χ3v) is 5.46. The number of rotatable bonds is 4. The van der Waals surface area contributed by atoms with Gasteiger partial charge in [0, 0.05) is 30.4 Å². The van der Waals surface area contributed by atoms with E-state index in [1.165, 1.54) is 0 Å². The fourth-order valence-electron chi connectivity index (χ4n) is 3.87. The van der Waals surface area contributed by atoms with Crippen molar-refractivity contribution in [1.29, 1.82) is 0 Å². The lowest BCUT2D eigenvalue weighted by Crippen LogP contribution is -2.41. The van der Waals surface area contributed by atoms with Crippen LogP contribution in [0.3, 0.4) is 0 Å². The summed E-state index contributed by atoms with van der Waals surface area (Å²) in [5.41, 5.74) is 2.88. The van der Waals surface area contributed by atoms with Crippen LogP contribution >= 0.6 is 0 Å². The zero-order chi connectivity index (χ0) is 17.9. The quantitative estimate of drug-likeness (QED) is 0.756. The van der Waals surface area contributed by atoms with E-state index in [-0.39, 0.29) is 17.9 Å². The van der Waals surface area contributed by atoms with Crippen LogP contribution in [0.2, 0.25) is 0 Å². The zero-order valence-electron chi connectivity index (χ0n) is 14.8. The molecular formula is C22H24N2O2.